The van der Waals surface area contributed by atoms with Crippen LogP contribution < -0.4 is 10.5 Å². The Labute approximate surface area is 157 Å². The van der Waals surface area contributed by atoms with Crippen molar-refractivity contribution in [3.63, 3.8) is 0 Å². The quantitative estimate of drug-likeness (QED) is 0.788. The van der Waals surface area contributed by atoms with E-state index < -0.39 is 5.97 Å². The molecule has 0 saturated carbocycles. The highest BCUT2D eigenvalue weighted by Crippen LogP contribution is 2.39. The molecular formula is C20H20ClNO4. The van der Waals surface area contributed by atoms with Crippen LogP contribution >= 0.6 is 11.6 Å². The minimum Gasteiger partial charge on any atom is -0.496 e. The Bertz CT molecular complexity index is 845. The van der Waals surface area contributed by atoms with E-state index in [1.54, 1.807) is 7.11 Å². The van der Waals surface area contributed by atoms with Crippen LogP contribution in [0.4, 0.5) is 0 Å². The summed E-state index contributed by atoms with van der Waals surface area (Å²) in [5.74, 6) is -0.0648. The lowest BCUT2D eigenvalue weighted by Crippen LogP contribution is -2.00. The zero-order valence-electron chi connectivity index (χ0n) is 14.4. The van der Waals surface area contributed by atoms with E-state index in [1.807, 2.05) is 42.5 Å². The molecule has 0 fully saturated rings. The number of carboxylic acids is 1. The van der Waals surface area contributed by atoms with Crippen LogP contribution in [0.15, 0.2) is 48.0 Å². The van der Waals surface area contributed by atoms with Gasteiger partial charge in [0.15, 0.2) is 0 Å². The van der Waals surface area contributed by atoms with Crippen LogP contribution in [0, 0.1) is 0 Å². The fourth-order valence-corrected chi connectivity index (χ4v) is 3.38. The Balaban J connectivity index is 0.000000758. The van der Waals surface area contributed by atoms with Gasteiger partial charge in [0, 0.05) is 16.2 Å². The van der Waals surface area contributed by atoms with Crippen LogP contribution in [0.25, 0.3) is 16.7 Å². The predicted octanol–water partition coefficient (Wildman–Crippen LogP) is 4.14. The zero-order valence-corrected chi connectivity index (χ0v) is 15.1. The van der Waals surface area contributed by atoms with Gasteiger partial charge in [-0.25, -0.2) is 4.79 Å². The Kier molecular flexibility index (Phi) is 6.81. The number of rotatable bonds is 4. The van der Waals surface area contributed by atoms with E-state index >= 15 is 0 Å². The second kappa shape index (κ2) is 9.06. The molecule has 1 aliphatic rings. The van der Waals surface area contributed by atoms with Gasteiger partial charge in [-0.3, -0.25) is 4.79 Å². The third-order valence-electron chi connectivity index (χ3n) is 4.19. The number of primary amides is 1. The van der Waals surface area contributed by atoms with E-state index in [0.717, 1.165) is 40.9 Å². The lowest BCUT2D eigenvalue weighted by Gasteiger charge is -2.12. The number of methoxy groups -OCH3 is 1. The number of ether oxygens (including phenoxy) is 1. The molecule has 0 atom stereocenters. The Morgan fingerprint density at radius 3 is 2.50 bits per heavy atom. The molecule has 0 unspecified atom stereocenters. The first-order valence-electron chi connectivity index (χ1n) is 8.07. The van der Waals surface area contributed by atoms with Gasteiger partial charge in [0.1, 0.15) is 5.75 Å². The van der Waals surface area contributed by atoms with Crippen LogP contribution in [0.2, 0.25) is 5.02 Å². The number of hydrogen-bond donors (Lipinski definition) is 2. The zero-order chi connectivity index (χ0) is 19.1. The van der Waals surface area contributed by atoms with Crippen molar-refractivity contribution in [3.8, 4) is 16.9 Å². The average molecular weight is 374 g/mol. The molecule has 0 aromatic heterocycles. The maximum Gasteiger partial charge on any atom is 0.331 e. The SMILES string of the molecule is COc1ccccc1-c1ccc(C2=C(C(=O)O)CCC2)c(Cl)c1.NC=O. The first-order chi connectivity index (χ1) is 12.5. The summed E-state index contributed by atoms with van der Waals surface area (Å²) in [6.45, 7) is 0. The summed E-state index contributed by atoms with van der Waals surface area (Å²) in [4.78, 5) is 19.9. The van der Waals surface area contributed by atoms with Crippen LogP contribution in [0.3, 0.4) is 0 Å². The fraction of sp³-hybridized carbons (Fsp3) is 0.200. The summed E-state index contributed by atoms with van der Waals surface area (Å²) in [5.41, 5.74) is 8.24. The van der Waals surface area contributed by atoms with Gasteiger partial charge in [-0.05, 0) is 48.1 Å². The first-order valence-corrected chi connectivity index (χ1v) is 8.45. The molecular weight excluding hydrogens is 354 g/mol. The van der Waals surface area contributed by atoms with E-state index in [9.17, 15) is 9.90 Å². The molecule has 1 aliphatic carbocycles. The highest BCUT2D eigenvalue weighted by Gasteiger charge is 2.23. The number of aliphatic carboxylic acids is 1. The first kappa shape index (κ1) is 19.5. The standard InChI is InChI=1S/C19H17ClO3.CH3NO/c1-23-18-8-3-2-5-13(18)12-9-10-15(17(20)11-12)14-6-4-7-16(14)19(21)22;2-1-3/h2-3,5,8-11H,4,6-7H2,1H3,(H,21,22);1H,(H2,2,3). The van der Waals surface area contributed by atoms with Crippen molar-refractivity contribution in [1.29, 1.82) is 0 Å². The van der Waals surface area contributed by atoms with Crippen molar-refractivity contribution in [1.82, 2.24) is 0 Å². The van der Waals surface area contributed by atoms with Crippen LogP contribution in [0.5, 0.6) is 5.75 Å². The minimum atomic E-state index is -0.845. The van der Waals surface area contributed by atoms with Gasteiger partial charge in [-0.2, -0.15) is 0 Å². The summed E-state index contributed by atoms with van der Waals surface area (Å²) >= 11 is 6.46. The Morgan fingerprint density at radius 1 is 1.19 bits per heavy atom. The molecule has 6 heteroatoms. The predicted molar refractivity (Wildman–Crippen MR) is 102 cm³/mol. The monoisotopic (exact) mass is 373 g/mol. The summed E-state index contributed by atoms with van der Waals surface area (Å²) in [6.07, 6.45) is 2.48. The number of allylic oxidation sites excluding steroid dienone is 1. The van der Waals surface area contributed by atoms with Crippen molar-refractivity contribution in [3.05, 3.63) is 58.6 Å². The number of hydrogen-bond acceptors (Lipinski definition) is 3. The third kappa shape index (κ3) is 4.24. The van der Waals surface area contributed by atoms with Crippen molar-refractivity contribution >= 4 is 29.6 Å². The highest BCUT2D eigenvalue weighted by molar-refractivity contribution is 6.33. The average Bonchev–Trinajstić information content (AvgIpc) is 3.12. The van der Waals surface area contributed by atoms with E-state index in [1.165, 1.54) is 0 Å². The summed E-state index contributed by atoms with van der Waals surface area (Å²) < 4.78 is 5.39. The van der Waals surface area contributed by atoms with Crippen LogP contribution in [-0.4, -0.2) is 24.6 Å². The maximum atomic E-state index is 11.4. The van der Waals surface area contributed by atoms with Gasteiger partial charge in [-0.1, -0.05) is 41.9 Å². The molecule has 1 amide bonds. The molecule has 3 rings (SSSR count). The molecule has 0 saturated heterocycles. The van der Waals surface area contributed by atoms with E-state index in [-0.39, 0.29) is 6.41 Å². The normalized spacial score (nSPS) is 13.0. The number of carbonyl (C=O) groups excluding carboxylic acids is 1. The minimum absolute atomic E-state index is 0.250. The molecule has 0 bridgehead atoms. The summed E-state index contributed by atoms with van der Waals surface area (Å²) in [7, 11) is 1.64. The molecule has 3 N–H and O–H groups in total. The maximum absolute atomic E-state index is 11.4. The van der Waals surface area contributed by atoms with Gasteiger partial charge in [0.2, 0.25) is 6.41 Å². The molecule has 136 valence electrons. The molecule has 2 aromatic rings. The largest absolute Gasteiger partial charge is 0.496 e. The summed E-state index contributed by atoms with van der Waals surface area (Å²) in [6, 6.07) is 13.5. The fourth-order valence-electron chi connectivity index (χ4n) is 3.09. The van der Waals surface area contributed by atoms with Crippen molar-refractivity contribution in [2.45, 2.75) is 19.3 Å². The van der Waals surface area contributed by atoms with Crippen molar-refractivity contribution in [2.24, 2.45) is 5.73 Å². The molecule has 2 aromatic carbocycles. The number of halogens is 1. The van der Waals surface area contributed by atoms with Gasteiger partial charge < -0.3 is 15.6 Å². The molecule has 26 heavy (non-hydrogen) atoms. The molecule has 0 heterocycles. The third-order valence-corrected chi connectivity index (χ3v) is 4.50. The molecule has 5 nitrogen and oxygen atoms in total. The van der Waals surface area contributed by atoms with E-state index in [4.69, 9.17) is 21.1 Å². The number of para-hydroxylation sites is 1. The van der Waals surface area contributed by atoms with Crippen molar-refractivity contribution in [2.75, 3.05) is 7.11 Å². The molecule has 0 aliphatic heterocycles. The number of amides is 1. The number of carbonyl (C=O) groups is 2. The van der Waals surface area contributed by atoms with Crippen molar-refractivity contribution < 1.29 is 19.4 Å². The number of nitrogens with two attached hydrogens (primary N) is 1. The summed E-state index contributed by atoms with van der Waals surface area (Å²) in [5, 5.41) is 9.89. The van der Waals surface area contributed by atoms with Gasteiger partial charge in [-0.15, -0.1) is 0 Å². The van der Waals surface area contributed by atoms with Gasteiger partial charge in [0.25, 0.3) is 0 Å². The molecule has 0 spiro atoms. The number of carboxylic acid groups (broad SMARTS) is 1. The second-order valence-electron chi connectivity index (χ2n) is 5.65. The lowest BCUT2D eigenvalue weighted by atomic mass is 9.97. The van der Waals surface area contributed by atoms with E-state index in [0.29, 0.717) is 17.0 Å². The Hall–Kier alpha value is -2.79. The smallest absolute Gasteiger partial charge is 0.331 e. The lowest BCUT2D eigenvalue weighted by molar-refractivity contribution is -0.132. The van der Waals surface area contributed by atoms with Crippen LogP contribution in [0.1, 0.15) is 24.8 Å². The van der Waals surface area contributed by atoms with Gasteiger partial charge in [0.05, 0.1) is 7.11 Å². The highest BCUT2D eigenvalue weighted by atomic mass is 35.5. The Morgan fingerprint density at radius 2 is 1.88 bits per heavy atom. The molecule has 0 radical (unpaired) electrons. The van der Waals surface area contributed by atoms with Gasteiger partial charge >= 0.3 is 5.97 Å². The number of benzene rings is 2. The second-order valence-corrected chi connectivity index (χ2v) is 6.05. The van der Waals surface area contributed by atoms with Crippen LogP contribution in [-0.2, 0) is 9.59 Å². The topological polar surface area (TPSA) is 89.6 Å². The van der Waals surface area contributed by atoms with E-state index in [2.05, 4.69) is 5.73 Å².